The van der Waals surface area contributed by atoms with E-state index >= 15 is 0 Å². The van der Waals surface area contributed by atoms with Crippen molar-refractivity contribution in [2.75, 3.05) is 4.90 Å². The Kier molecular flexibility index (Phi) is 7.92. The van der Waals surface area contributed by atoms with Crippen molar-refractivity contribution in [3.63, 3.8) is 0 Å². The molecule has 0 N–H and O–H groups in total. The first-order valence-electron chi connectivity index (χ1n) is 21.2. The first-order chi connectivity index (χ1) is 30.0. The average Bonchev–Trinajstić information content (AvgIpc) is 3.81. The van der Waals surface area contributed by atoms with Gasteiger partial charge >= 0.3 is 0 Å². The minimum atomic E-state index is -0.161. The van der Waals surface area contributed by atoms with Crippen LogP contribution in [0.1, 0.15) is 25.0 Å². The molecule has 1 heterocycles. The van der Waals surface area contributed by atoms with Crippen LogP contribution in [0.2, 0.25) is 0 Å². The lowest BCUT2D eigenvalue weighted by Gasteiger charge is -2.31. The van der Waals surface area contributed by atoms with Gasteiger partial charge < -0.3 is 9.32 Å². The van der Waals surface area contributed by atoms with E-state index in [1.807, 2.05) is 6.07 Å². The molecule has 0 saturated carbocycles. The summed E-state index contributed by atoms with van der Waals surface area (Å²) in [7, 11) is 0. The number of rotatable bonds is 6. The zero-order chi connectivity index (χ0) is 40.7. The number of para-hydroxylation sites is 2. The summed E-state index contributed by atoms with van der Waals surface area (Å²) >= 11 is 0. The molecule has 0 spiro atoms. The fourth-order valence-corrected chi connectivity index (χ4v) is 10.2. The molecule has 1 aliphatic carbocycles. The van der Waals surface area contributed by atoms with Crippen molar-refractivity contribution in [2.24, 2.45) is 0 Å². The molecule has 0 unspecified atom stereocenters. The van der Waals surface area contributed by atoms with Gasteiger partial charge in [0.05, 0.1) is 5.69 Å². The number of anilines is 3. The van der Waals surface area contributed by atoms with Gasteiger partial charge in [0, 0.05) is 38.7 Å². The molecule has 0 aliphatic heterocycles. The average molecular weight is 780 g/mol. The van der Waals surface area contributed by atoms with Gasteiger partial charge in [-0.1, -0.05) is 184 Å². The Morgan fingerprint density at radius 3 is 1.84 bits per heavy atom. The molecule has 0 bridgehead atoms. The van der Waals surface area contributed by atoms with E-state index in [2.05, 4.69) is 225 Å². The third-order valence-electron chi connectivity index (χ3n) is 13.1. The molecular formula is C59H41NO. The van der Waals surface area contributed by atoms with Crippen LogP contribution in [0.15, 0.2) is 217 Å². The van der Waals surface area contributed by atoms with Gasteiger partial charge in [0.15, 0.2) is 0 Å². The topological polar surface area (TPSA) is 16.4 Å². The van der Waals surface area contributed by atoms with E-state index in [0.29, 0.717) is 0 Å². The number of nitrogens with zero attached hydrogens (tertiary/aromatic N) is 1. The Morgan fingerprint density at radius 2 is 0.984 bits per heavy atom. The highest BCUT2D eigenvalue weighted by atomic mass is 16.3. The van der Waals surface area contributed by atoms with Gasteiger partial charge in [0.1, 0.15) is 11.2 Å². The molecule has 0 atom stereocenters. The van der Waals surface area contributed by atoms with E-state index in [-0.39, 0.29) is 5.41 Å². The van der Waals surface area contributed by atoms with E-state index in [1.165, 1.54) is 66.1 Å². The summed E-state index contributed by atoms with van der Waals surface area (Å²) in [4.78, 5) is 2.48. The molecule has 0 fully saturated rings. The van der Waals surface area contributed by atoms with Crippen molar-refractivity contribution in [1.82, 2.24) is 0 Å². The Balaban J connectivity index is 1.12. The SMILES string of the molecule is CC1(C)c2ccccc2-c2ccc(N(c3ccc(-c4cccc5c4oc4ccccc45)cc3)c3cccc(-c4ccccc4)c3-c3cc4ccccc4c4ccccc34)cc21. The highest BCUT2D eigenvalue weighted by molar-refractivity contribution is 6.17. The third kappa shape index (κ3) is 5.49. The highest BCUT2D eigenvalue weighted by Gasteiger charge is 2.36. The van der Waals surface area contributed by atoms with E-state index in [0.717, 1.165) is 50.1 Å². The number of furan rings is 1. The van der Waals surface area contributed by atoms with Crippen LogP contribution in [0.5, 0.6) is 0 Å². The lowest BCUT2D eigenvalue weighted by Crippen LogP contribution is -2.17. The Labute approximate surface area is 355 Å². The number of hydrogen-bond acceptors (Lipinski definition) is 2. The molecule has 2 heteroatoms. The van der Waals surface area contributed by atoms with Crippen LogP contribution >= 0.6 is 0 Å². The molecule has 0 radical (unpaired) electrons. The van der Waals surface area contributed by atoms with Crippen LogP contribution in [0, 0.1) is 0 Å². The van der Waals surface area contributed by atoms with Crippen LogP contribution in [0.3, 0.4) is 0 Å². The highest BCUT2D eigenvalue weighted by Crippen LogP contribution is 2.53. The van der Waals surface area contributed by atoms with E-state index in [1.54, 1.807) is 0 Å². The second kappa shape index (κ2) is 13.7. The third-order valence-corrected chi connectivity index (χ3v) is 13.1. The van der Waals surface area contributed by atoms with E-state index in [4.69, 9.17) is 4.42 Å². The molecule has 0 saturated heterocycles. The maximum absolute atomic E-state index is 6.52. The molecule has 61 heavy (non-hydrogen) atoms. The van der Waals surface area contributed by atoms with Crippen LogP contribution < -0.4 is 4.90 Å². The fourth-order valence-electron chi connectivity index (χ4n) is 10.2. The van der Waals surface area contributed by atoms with Crippen molar-refractivity contribution in [2.45, 2.75) is 19.3 Å². The monoisotopic (exact) mass is 779 g/mol. The molecule has 10 aromatic carbocycles. The molecule has 11 aromatic rings. The van der Waals surface area contributed by atoms with E-state index in [9.17, 15) is 0 Å². The predicted molar refractivity (Wildman–Crippen MR) is 257 cm³/mol. The van der Waals surface area contributed by atoms with E-state index < -0.39 is 0 Å². The van der Waals surface area contributed by atoms with Crippen molar-refractivity contribution >= 4 is 60.5 Å². The standard InChI is InChI=1S/C59H41NO/c1-59(2)53-27-12-10-22-48(53)49-35-34-42(37-54(49)59)60(41-32-30-39(31-33-41)45-25-14-26-51-50-23-11-13-29-56(50)61-58(45)51)55-28-15-24-44(38-16-4-3-5-17-38)57(55)52-36-40-18-6-7-19-43(40)46-20-8-9-21-47(46)52/h3-37H,1-2H3. The first-order valence-corrected chi connectivity index (χ1v) is 21.2. The summed E-state index contributed by atoms with van der Waals surface area (Å²) < 4.78 is 6.52. The Morgan fingerprint density at radius 1 is 0.377 bits per heavy atom. The number of benzene rings is 10. The fraction of sp³-hybridized carbons (Fsp3) is 0.0508. The van der Waals surface area contributed by atoms with Crippen molar-refractivity contribution in [1.29, 1.82) is 0 Å². The lowest BCUT2D eigenvalue weighted by atomic mass is 9.82. The van der Waals surface area contributed by atoms with Gasteiger partial charge in [0.2, 0.25) is 0 Å². The van der Waals surface area contributed by atoms with Crippen molar-refractivity contribution in [3.05, 3.63) is 223 Å². The second-order valence-electron chi connectivity index (χ2n) is 16.8. The van der Waals surface area contributed by atoms with Gasteiger partial charge in [-0.25, -0.2) is 0 Å². The maximum Gasteiger partial charge on any atom is 0.143 e. The molecule has 2 nitrogen and oxygen atoms in total. The summed E-state index contributed by atoms with van der Waals surface area (Å²) in [5, 5.41) is 7.22. The van der Waals surface area contributed by atoms with Crippen molar-refractivity contribution in [3.8, 4) is 44.5 Å². The predicted octanol–water partition coefficient (Wildman–Crippen LogP) is 16.7. The van der Waals surface area contributed by atoms with Gasteiger partial charge in [-0.15, -0.1) is 0 Å². The first kappa shape index (κ1) is 35.3. The van der Waals surface area contributed by atoms with Crippen LogP contribution in [0.25, 0.3) is 88.0 Å². The summed E-state index contributed by atoms with van der Waals surface area (Å²) in [5.41, 5.74) is 17.2. The molecule has 12 rings (SSSR count). The zero-order valence-corrected chi connectivity index (χ0v) is 34.1. The van der Waals surface area contributed by atoms with Gasteiger partial charge in [0.25, 0.3) is 0 Å². The number of fused-ring (bicyclic) bond motifs is 9. The lowest BCUT2D eigenvalue weighted by molar-refractivity contribution is 0.660. The van der Waals surface area contributed by atoms with Gasteiger partial charge in [-0.3, -0.25) is 0 Å². The second-order valence-corrected chi connectivity index (χ2v) is 16.8. The normalized spacial score (nSPS) is 12.9. The summed E-state index contributed by atoms with van der Waals surface area (Å²) in [6.07, 6.45) is 0. The van der Waals surface area contributed by atoms with Gasteiger partial charge in [-0.2, -0.15) is 0 Å². The molecule has 288 valence electrons. The Bertz CT molecular complexity index is 3500. The zero-order valence-electron chi connectivity index (χ0n) is 34.1. The van der Waals surface area contributed by atoms with Gasteiger partial charge in [-0.05, 0) is 109 Å². The van der Waals surface area contributed by atoms with Crippen LogP contribution in [-0.4, -0.2) is 0 Å². The summed E-state index contributed by atoms with van der Waals surface area (Å²) in [5.74, 6) is 0. The minimum absolute atomic E-state index is 0.161. The smallest absolute Gasteiger partial charge is 0.143 e. The molecular weight excluding hydrogens is 739 g/mol. The molecule has 0 amide bonds. The van der Waals surface area contributed by atoms with Crippen molar-refractivity contribution < 1.29 is 4.42 Å². The number of hydrogen-bond donors (Lipinski definition) is 0. The Hall–Kier alpha value is -7.68. The minimum Gasteiger partial charge on any atom is -0.455 e. The van der Waals surface area contributed by atoms with Crippen LogP contribution in [0.4, 0.5) is 17.1 Å². The molecule has 1 aliphatic rings. The summed E-state index contributed by atoms with van der Waals surface area (Å²) in [6, 6.07) is 77.6. The quantitative estimate of drug-likeness (QED) is 0.156. The summed E-state index contributed by atoms with van der Waals surface area (Å²) in [6.45, 7) is 4.73. The largest absolute Gasteiger partial charge is 0.455 e. The molecule has 1 aromatic heterocycles. The van der Waals surface area contributed by atoms with Crippen LogP contribution in [-0.2, 0) is 5.41 Å². The maximum atomic E-state index is 6.52.